The van der Waals surface area contributed by atoms with Crippen LogP contribution >= 0.6 is 0 Å². The molecule has 0 radical (unpaired) electrons. The van der Waals surface area contributed by atoms with E-state index in [0.717, 1.165) is 28.7 Å². The third-order valence-electron chi connectivity index (χ3n) is 8.62. The summed E-state index contributed by atoms with van der Waals surface area (Å²) in [5.41, 5.74) is 3.32. The van der Waals surface area contributed by atoms with E-state index in [2.05, 4.69) is 32.1 Å². The maximum atomic E-state index is 12.9. The van der Waals surface area contributed by atoms with Crippen molar-refractivity contribution in [2.75, 3.05) is 33.7 Å². The van der Waals surface area contributed by atoms with Gasteiger partial charge in [0.15, 0.2) is 0 Å². The van der Waals surface area contributed by atoms with E-state index in [4.69, 9.17) is 0 Å². The number of nitriles is 1. The molecular weight excluding hydrogens is 548 g/mol. The predicted molar refractivity (Wildman–Crippen MR) is 159 cm³/mol. The van der Waals surface area contributed by atoms with Crippen LogP contribution in [0.15, 0.2) is 41.2 Å². The number of carbonyl (C=O) groups excluding carboxylic acids is 3. The summed E-state index contributed by atoms with van der Waals surface area (Å²) in [5, 5.41) is 22.7. The molecule has 0 spiro atoms. The molecule has 3 aromatic rings. The Hall–Kier alpha value is -4.76. The number of fused-ring (bicyclic) bond motifs is 2. The first kappa shape index (κ1) is 29.7. The highest BCUT2D eigenvalue weighted by molar-refractivity contribution is 5.95. The minimum atomic E-state index is -0.969. The zero-order valence-corrected chi connectivity index (χ0v) is 24.6. The SMILES string of the molecule is CNC(=O)c1ccc2c(c1)CCc1cc(C(=O)NC)ccc1C2(CCNCC(=O)N1CCCC1C#N)c1nn(C)c(=O)[nH]1. The molecule has 12 nitrogen and oxygen atoms in total. The standard InChI is InChI=1S/C31H36N8O4/c1-33-27(41)21-8-10-24-19(15-21)6-7-20-16-22(28(42)34-2)9-11-25(20)31(24,29-36-30(43)38(3)37-29)12-13-35-18-26(40)39-14-4-5-23(39)17-32/h8-11,15-16,23,35H,4-7,12-14,18H2,1-3H3,(H,33,41)(H,34,42)(H,36,37,43). The third kappa shape index (κ3) is 5.44. The molecule has 1 aliphatic carbocycles. The zero-order chi connectivity index (χ0) is 30.7. The smallest absolute Gasteiger partial charge is 0.343 e. The molecular formula is C31H36N8O4. The summed E-state index contributed by atoms with van der Waals surface area (Å²) in [7, 11) is 4.75. The van der Waals surface area contributed by atoms with Crippen LogP contribution < -0.4 is 21.6 Å². The molecule has 1 saturated heterocycles. The van der Waals surface area contributed by atoms with Crippen molar-refractivity contribution in [3.05, 3.63) is 86.1 Å². The maximum Gasteiger partial charge on any atom is 0.343 e. The van der Waals surface area contributed by atoms with Gasteiger partial charge in [-0.15, -0.1) is 0 Å². The van der Waals surface area contributed by atoms with Crippen LogP contribution in [0.4, 0.5) is 0 Å². The Balaban J connectivity index is 1.61. The molecule has 5 rings (SSSR count). The lowest BCUT2D eigenvalue weighted by Crippen LogP contribution is -2.42. The molecule has 2 aliphatic rings. The first-order valence-corrected chi connectivity index (χ1v) is 14.5. The van der Waals surface area contributed by atoms with E-state index >= 15 is 0 Å². The average Bonchev–Trinajstić information content (AvgIpc) is 3.61. The second-order valence-electron chi connectivity index (χ2n) is 11.0. The number of H-pyrrole nitrogens is 1. The number of carbonyl (C=O) groups is 3. The second-order valence-corrected chi connectivity index (χ2v) is 11.0. The van der Waals surface area contributed by atoms with Crippen LogP contribution in [-0.4, -0.2) is 77.2 Å². The summed E-state index contributed by atoms with van der Waals surface area (Å²) in [5.74, 6) is -0.111. The van der Waals surface area contributed by atoms with Gasteiger partial charge in [-0.05, 0) is 85.2 Å². The lowest BCUT2D eigenvalue weighted by molar-refractivity contribution is -0.130. The van der Waals surface area contributed by atoms with E-state index in [1.54, 1.807) is 38.2 Å². The molecule has 2 heterocycles. The normalized spacial score (nSPS) is 16.9. The van der Waals surface area contributed by atoms with Gasteiger partial charge in [0.25, 0.3) is 11.8 Å². The molecule has 1 fully saturated rings. The summed E-state index contributed by atoms with van der Waals surface area (Å²) in [6.07, 6.45) is 3.10. The van der Waals surface area contributed by atoms with Crippen LogP contribution in [0.2, 0.25) is 0 Å². The number of aromatic nitrogens is 3. The van der Waals surface area contributed by atoms with E-state index < -0.39 is 11.5 Å². The largest absolute Gasteiger partial charge is 0.355 e. The highest BCUT2D eigenvalue weighted by Crippen LogP contribution is 2.46. The van der Waals surface area contributed by atoms with Gasteiger partial charge in [-0.25, -0.2) is 9.48 Å². The van der Waals surface area contributed by atoms with Crippen LogP contribution in [0.1, 0.15) is 68.1 Å². The molecule has 12 heteroatoms. The third-order valence-corrected chi connectivity index (χ3v) is 8.62. The van der Waals surface area contributed by atoms with Gasteiger partial charge < -0.3 is 20.9 Å². The maximum absolute atomic E-state index is 12.9. The van der Waals surface area contributed by atoms with Crippen molar-refractivity contribution < 1.29 is 14.4 Å². The minimum absolute atomic E-state index is 0.0674. The summed E-state index contributed by atoms with van der Waals surface area (Å²) in [6, 6.07) is 12.9. The lowest BCUT2D eigenvalue weighted by atomic mass is 9.69. The van der Waals surface area contributed by atoms with E-state index in [1.807, 2.05) is 24.3 Å². The highest BCUT2D eigenvalue weighted by Gasteiger charge is 2.44. The first-order valence-electron chi connectivity index (χ1n) is 14.5. The van der Waals surface area contributed by atoms with Crippen LogP contribution in [0.5, 0.6) is 0 Å². The Kier molecular flexibility index (Phi) is 8.45. The predicted octanol–water partition coefficient (Wildman–Crippen LogP) is 0.755. The average molecular weight is 585 g/mol. The molecule has 1 atom stereocenters. The van der Waals surface area contributed by atoms with Crippen molar-refractivity contribution >= 4 is 17.7 Å². The number of aromatic amines is 1. The second kappa shape index (κ2) is 12.2. The number of aryl methyl sites for hydroxylation is 3. The molecule has 4 N–H and O–H groups in total. The van der Waals surface area contributed by atoms with Gasteiger partial charge in [-0.1, -0.05) is 12.1 Å². The summed E-state index contributed by atoms with van der Waals surface area (Å²) >= 11 is 0. The Morgan fingerprint density at radius 1 is 1.05 bits per heavy atom. The van der Waals surface area contributed by atoms with Crippen molar-refractivity contribution in [1.29, 1.82) is 5.26 Å². The Morgan fingerprint density at radius 3 is 2.16 bits per heavy atom. The van der Waals surface area contributed by atoms with Gasteiger partial charge in [-0.2, -0.15) is 10.4 Å². The van der Waals surface area contributed by atoms with E-state index in [0.29, 0.717) is 55.7 Å². The molecule has 2 aromatic carbocycles. The van der Waals surface area contributed by atoms with Crippen molar-refractivity contribution in [2.45, 2.75) is 43.6 Å². The molecule has 43 heavy (non-hydrogen) atoms. The van der Waals surface area contributed by atoms with Gasteiger partial charge in [0.1, 0.15) is 11.9 Å². The molecule has 1 unspecified atom stereocenters. The fourth-order valence-corrected chi connectivity index (χ4v) is 6.43. The Bertz CT molecular complexity index is 1600. The van der Waals surface area contributed by atoms with Gasteiger partial charge >= 0.3 is 5.69 Å². The number of likely N-dealkylation sites (tertiary alicyclic amines) is 1. The number of amides is 3. The Labute approximate surface area is 249 Å². The van der Waals surface area contributed by atoms with Crippen molar-refractivity contribution in [3.63, 3.8) is 0 Å². The van der Waals surface area contributed by atoms with E-state index in [9.17, 15) is 24.4 Å². The van der Waals surface area contributed by atoms with Gasteiger partial charge in [-0.3, -0.25) is 19.4 Å². The quantitative estimate of drug-likeness (QED) is 0.284. The number of hydrogen-bond donors (Lipinski definition) is 4. The number of rotatable bonds is 8. The van der Waals surface area contributed by atoms with Crippen molar-refractivity contribution in [1.82, 2.24) is 35.6 Å². The van der Waals surface area contributed by atoms with Crippen LogP contribution in [0, 0.1) is 11.3 Å². The van der Waals surface area contributed by atoms with Gasteiger partial charge in [0.2, 0.25) is 5.91 Å². The van der Waals surface area contributed by atoms with Gasteiger partial charge in [0.05, 0.1) is 18.0 Å². The highest BCUT2D eigenvalue weighted by atomic mass is 16.2. The zero-order valence-electron chi connectivity index (χ0n) is 24.6. The summed E-state index contributed by atoms with van der Waals surface area (Å²) in [6.45, 7) is 1.01. The van der Waals surface area contributed by atoms with Crippen LogP contribution in [0.25, 0.3) is 0 Å². The number of nitrogens with one attached hydrogen (secondary N) is 4. The minimum Gasteiger partial charge on any atom is -0.355 e. The summed E-state index contributed by atoms with van der Waals surface area (Å²) in [4.78, 5) is 55.5. The topological polar surface area (TPSA) is 165 Å². The molecule has 0 saturated carbocycles. The van der Waals surface area contributed by atoms with Crippen LogP contribution in [0.3, 0.4) is 0 Å². The number of nitrogens with zero attached hydrogens (tertiary/aromatic N) is 4. The molecule has 224 valence electrons. The van der Waals surface area contributed by atoms with Crippen molar-refractivity contribution in [3.8, 4) is 6.07 Å². The van der Waals surface area contributed by atoms with Crippen molar-refractivity contribution in [2.24, 2.45) is 7.05 Å². The molecule has 1 aromatic heterocycles. The fourth-order valence-electron chi connectivity index (χ4n) is 6.43. The summed E-state index contributed by atoms with van der Waals surface area (Å²) < 4.78 is 1.26. The fraction of sp³-hybridized carbons (Fsp3) is 0.419. The lowest BCUT2D eigenvalue weighted by Gasteiger charge is -2.35. The number of hydrogen-bond acceptors (Lipinski definition) is 7. The Morgan fingerprint density at radius 2 is 1.65 bits per heavy atom. The molecule has 0 bridgehead atoms. The van der Waals surface area contributed by atoms with Gasteiger partial charge in [0, 0.05) is 38.8 Å². The monoisotopic (exact) mass is 584 g/mol. The first-order chi connectivity index (χ1) is 20.7. The number of benzene rings is 2. The van der Waals surface area contributed by atoms with E-state index in [-0.39, 0.29) is 30.0 Å². The molecule has 3 amide bonds. The van der Waals surface area contributed by atoms with E-state index in [1.165, 1.54) is 4.68 Å². The molecule has 1 aliphatic heterocycles. The van der Waals surface area contributed by atoms with Crippen LogP contribution in [-0.2, 0) is 30.1 Å².